The molecule has 1 aliphatic heterocycles. The van der Waals surface area contributed by atoms with Gasteiger partial charge in [-0.05, 0) is 18.2 Å². The molecular formula is C15H13FN6O3. The predicted octanol–water partition coefficient (Wildman–Crippen LogP) is 0.929. The summed E-state index contributed by atoms with van der Waals surface area (Å²) >= 11 is 0. The van der Waals surface area contributed by atoms with Gasteiger partial charge >= 0.3 is 11.8 Å². The molecule has 0 spiro atoms. The molecule has 1 aromatic carbocycles. The topological polar surface area (TPSA) is 99.2 Å². The number of amides is 1. The van der Waals surface area contributed by atoms with Crippen LogP contribution >= 0.6 is 0 Å². The van der Waals surface area contributed by atoms with Gasteiger partial charge in [0.2, 0.25) is 5.82 Å². The monoisotopic (exact) mass is 344 g/mol. The first-order valence-corrected chi connectivity index (χ1v) is 7.60. The number of ether oxygens (including phenoxy) is 1. The van der Waals surface area contributed by atoms with Gasteiger partial charge in [-0.15, -0.1) is 5.10 Å². The van der Waals surface area contributed by atoms with Crippen LogP contribution in [-0.2, 0) is 4.74 Å². The molecule has 3 heterocycles. The van der Waals surface area contributed by atoms with Gasteiger partial charge < -0.3 is 14.2 Å². The van der Waals surface area contributed by atoms with Crippen molar-refractivity contribution in [1.82, 2.24) is 30.0 Å². The number of halogens is 1. The number of hydrogen-bond acceptors (Lipinski definition) is 7. The molecule has 1 saturated heterocycles. The third-order valence-corrected chi connectivity index (χ3v) is 3.70. The lowest BCUT2D eigenvalue weighted by atomic mass is 10.3. The molecule has 1 amide bonds. The Morgan fingerprint density at radius 1 is 1.24 bits per heavy atom. The molecular weight excluding hydrogens is 331 g/mol. The van der Waals surface area contributed by atoms with Crippen LogP contribution in [0.3, 0.4) is 0 Å². The van der Waals surface area contributed by atoms with Crippen molar-refractivity contribution in [3.05, 3.63) is 42.2 Å². The molecule has 0 atom stereocenters. The average Bonchev–Trinajstić information content (AvgIpc) is 3.31. The zero-order valence-electron chi connectivity index (χ0n) is 13.0. The van der Waals surface area contributed by atoms with E-state index in [4.69, 9.17) is 9.26 Å². The van der Waals surface area contributed by atoms with Crippen molar-refractivity contribution in [3.63, 3.8) is 0 Å². The van der Waals surface area contributed by atoms with E-state index in [9.17, 15) is 9.18 Å². The largest absolute Gasteiger partial charge is 0.378 e. The van der Waals surface area contributed by atoms with Crippen LogP contribution in [0, 0.1) is 5.82 Å². The zero-order chi connectivity index (χ0) is 17.2. The third kappa shape index (κ3) is 3.11. The molecule has 0 N–H and O–H groups in total. The minimum atomic E-state index is -0.382. The number of morpholine rings is 1. The van der Waals surface area contributed by atoms with Gasteiger partial charge in [-0.2, -0.15) is 4.98 Å². The summed E-state index contributed by atoms with van der Waals surface area (Å²) in [5.41, 5.74) is 0.820. The molecule has 0 bridgehead atoms. The highest BCUT2D eigenvalue weighted by molar-refractivity contribution is 5.90. The maximum Gasteiger partial charge on any atom is 0.316 e. The first-order chi connectivity index (χ1) is 12.2. The summed E-state index contributed by atoms with van der Waals surface area (Å²) in [5, 5.41) is 11.6. The van der Waals surface area contributed by atoms with E-state index in [0.717, 1.165) is 0 Å². The first-order valence-electron chi connectivity index (χ1n) is 7.60. The lowest BCUT2D eigenvalue weighted by Gasteiger charge is -2.25. The molecule has 10 heteroatoms. The van der Waals surface area contributed by atoms with E-state index in [1.165, 1.54) is 23.0 Å². The van der Waals surface area contributed by atoms with E-state index >= 15 is 0 Å². The van der Waals surface area contributed by atoms with E-state index in [0.29, 0.717) is 37.7 Å². The lowest BCUT2D eigenvalue weighted by Crippen LogP contribution is -2.40. The molecule has 4 rings (SSSR count). The second-order valence-corrected chi connectivity index (χ2v) is 5.36. The Labute approximate surface area is 141 Å². The number of aromatic nitrogens is 5. The molecule has 9 nitrogen and oxygen atoms in total. The van der Waals surface area contributed by atoms with Crippen LogP contribution in [0.4, 0.5) is 4.39 Å². The molecule has 25 heavy (non-hydrogen) atoms. The standard InChI is InChI=1S/C15H13FN6O3/c16-10-2-1-3-11(8-10)22-9-12(18-20-22)13-17-14(25-19-13)15(23)21-4-6-24-7-5-21/h1-3,8-9H,4-7H2. The highest BCUT2D eigenvalue weighted by Crippen LogP contribution is 2.16. The normalized spacial score (nSPS) is 14.7. The van der Waals surface area contributed by atoms with Crippen molar-refractivity contribution in [3.8, 4) is 17.2 Å². The van der Waals surface area contributed by atoms with Crippen LogP contribution in [0.25, 0.3) is 17.2 Å². The number of benzene rings is 1. The maximum atomic E-state index is 13.3. The highest BCUT2D eigenvalue weighted by atomic mass is 19.1. The summed E-state index contributed by atoms with van der Waals surface area (Å²) in [6.45, 7) is 1.92. The second-order valence-electron chi connectivity index (χ2n) is 5.36. The molecule has 128 valence electrons. The van der Waals surface area contributed by atoms with Crippen LogP contribution in [0.2, 0.25) is 0 Å². The highest BCUT2D eigenvalue weighted by Gasteiger charge is 2.25. The van der Waals surface area contributed by atoms with Crippen molar-refractivity contribution >= 4 is 5.91 Å². The molecule has 3 aromatic rings. The van der Waals surface area contributed by atoms with E-state index in [2.05, 4.69) is 20.5 Å². The van der Waals surface area contributed by atoms with Gasteiger partial charge in [-0.3, -0.25) is 4.79 Å². The molecule has 0 saturated carbocycles. The summed E-state index contributed by atoms with van der Waals surface area (Å²) < 4.78 is 24.9. The molecule has 2 aromatic heterocycles. The Kier molecular flexibility index (Phi) is 3.94. The molecule has 0 unspecified atom stereocenters. The number of carbonyl (C=O) groups excluding carboxylic acids is 1. The minimum absolute atomic E-state index is 0.114. The van der Waals surface area contributed by atoms with E-state index in [1.807, 2.05) is 0 Å². The maximum absolute atomic E-state index is 13.3. The van der Waals surface area contributed by atoms with Crippen molar-refractivity contribution < 1.29 is 18.4 Å². The number of carbonyl (C=O) groups is 1. The molecule has 1 aliphatic rings. The fraction of sp³-hybridized carbons (Fsp3) is 0.267. The Bertz CT molecular complexity index is 902. The summed E-state index contributed by atoms with van der Waals surface area (Å²) in [7, 11) is 0. The van der Waals surface area contributed by atoms with Gasteiger partial charge in [0.25, 0.3) is 0 Å². The Morgan fingerprint density at radius 3 is 2.88 bits per heavy atom. The Balaban J connectivity index is 1.55. The molecule has 1 fully saturated rings. The van der Waals surface area contributed by atoms with Crippen molar-refractivity contribution in [2.24, 2.45) is 0 Å². The van der Waals surface area contributed by atoms with Crippen molar-refractivity contribution in [1.29, 1.82) is 0 Å². The molecule has 0 radical (unpaired) electrons. The van der Waals surface area contributed by atoms with Crippen LogP contribution in [0.15, 0.2) is 35.0 Å². The van der Waals surface area contributed by atoms with Gasteiger partial charge in [0.15, 0.2) is 5.69 Å². The van der Waals surface area contributed by atoms with Crippen LogP contribution in [-0.4, -0.2) is 62.2 Å². The zero-order valence-corrected chi connectivity index (χ0v) is 13.0. The average molecular weight is 344 g/mol. The fourth-order valence-electron chi connectivity index (χ4n) is 2.43. The van der Waals surface area contributed by atoms with E-state index in [1.54, 1.807) is 17.0 Å². The van der Waals surface area contributed by atoms with Gasteiger partial charge in [-0.1, -0.05) is 16.4 Å². The summed E-state index contributed by atoms with van der Waals surface area (Å²) in [6.07, 6.45) is 1.53. The van der Waals surface area contributed by atoms with Crippen molar-refractivity contribution in [2.45, 2.75) is 0 Å². The van der Waals surface area contributed by atoms with E-state index in [-0.39, 0.29) is 23.4 Å². The minimum Gasteiger partial charge on any atom is -0.378 e. The van der Waals surface area contributed by atoms with Gasteiger partial charge in [-0.25, -0.2) is 9.07 Å². The van der Waals surface area contributed by atoms with Gasteiger partial charge in [0, 0.05) is 13.1 Å². The Morgan fingerprint density at radius 2 is 2.08 bits per heavy atom. The van der Waals surface area contributed by atoms with Crippen LogP contribution in [0.1, 0.15) is 10.7 Å². The van der Waals surface area contributed by atoms with Crippen LogP contribution < -0.4 is 0 Å². The number of hydrogen-bond donors (Lipinski definition) is 0. The summed E-state index contributed by atoms with van der Waals surface area (Å²) in [4.78, 5) is 18.0. The van der Waals surface area contributed by atoms with E-state index < -0.39 is 0 Å². The molecule has 0 aliphatic carbocycles. The third-order valence-electron chi connectivity index (χ3n) is 3.70. The SMILES string of the molecule is O=C(c1nc(-c2cn(-c3cccc(F)c3)nn2)no1)N1CCOCC1. The van der Waals surface area contributed by atoms with Gasteiger partial charge in [0.05, 0.1) is 25.1 Å². The summed E-state index contributed by atoms with van der Waals surface area (Å²) in [5.74, 6) is -0.705. The Hall–Kier alpha value is -3.14. The van der Waals surface area contributed by atoms with Gasteiger partial charge in [0.1, 0.15) is 5.82 Å². The van der Waals surface area contributed by atoms with Crippen molar-refractivity contribution in [2.75, 3.05) is 26.3 Å². The number of rotatable bonds is 3. The smallest absolute Gasteiger partial charge is 0.316 e. The summed E-state index contributed by atoms with van der Waals surface area (Å²) in [6, 6.07) is 5.91. The predicted molar refractivity (Wildman–Crippen MR) is 81.3 cm³/mol. The second kappa shape index (κ2) is 6.40. The lowest BCUT2D eigenvalue weighted by molar-refractivity contribution is 0.0272. The quantitative estimate of drug-likeness (QED) is 0.697. The number of nitrogens with zero attached hydrogens (tertiary/aromatic N) is 6. The van der Waals surface area contributed by atoms with Crippen LogP contribution in [0.5, 0.6) is 0 Å². The fourth-order valence-corrected chi connectivity index (χ4v) is 2.43. The first kappa shape index (κ1) is 15.4.